The van der Waals surface area contributed by atoms with E-state index in [4.69, 9.17) is 10.5 Å². The molecule has 0 saturated heterocycles. The first-order chi connectivity index (χ1) is 9.69. The van der Waals surface area contributed by atoms with Gasteiger partial charge in [-0.1, -0.05) is 6.07 Å². The van der Waals surface area contributed by atoms with Gasteiger partial charge < -0.3 is 10.5 Å². The molecule has 0 aliphatic carbocycles. The third kappa shape index (κ3) is 2.07. The molecule has 0 fully saturated rings. The number of nitrogen functional groups attached to an aromatic ring is 1. The molecule has 0 spiro atoms. The molecule has 3 aromatic rings. The van der Waals surface area contributed by atoms with Crippen molar-refractivity contribution < 1.29 is 4.74 Å². The lowest BCUT2D eigenvalue weighted by Gasteiger charge is -2.07. The molecule has 3 rings (SSSR count). The van der Waals surface area contributed by atoms with Crippen molar-refractivity contribution in [1.29, 1.82) is 0 Å². The van der Waals surface area contributed by atoms with Crippen molar-refractivity contribution in [1.82, 2.24) is 14.6 Å². The minimum absolute atomic E-state index is 0.593. The van der Waals surface area contributed by atoms with E-state index >= 15 is 0 Å². The van der Waals surface area contributed by atoms with Gasteiger partial charge in [-0.2, -0.15) is 0 Å². The van der Waals surface area contributed by atoms with Crippen molar-refractivity contribution in [2.75, 3.05) is 12.3 Å². The predicted molar refractivity (Wildman–Crippen MR) is 78.7 cm³/mol. The lowest BCUT2D eigenvalue weighted by atomic mass is 10.2. The molecule has 102 valence electrons. The standard InChI is InChI=1S/C15H16N4O/c1-3-20-13-8-7-11(9-12(13)16)15-17-14-6-4-5-10(2)19(14)18-15/h4-9H,3,16H2,1-2H3. The van der Waals surface area contributed by atoms with Crippen LogP contribution < -0.4 is 10.5 Å². The maximum atomic E-state index is 5.98. The molecule has 0 atom stereocenters. The molecular formula is C15H16N4O. The van der Waals surface area contributed by atoms with Crippen molar-refractivity contribution in [3.05, 3.63) is 42.1 Å². The van der Waals surface area contributed by atoms with Gasteiger partial charge in [0, 0.05) is 11.3 Å². The fourth-order valence-electron chi connectivity index (χ4n) is 2.13. The zero-order valence-corrected chi connectivity index (χ0v) is 11.5. The smallest absolute Gasteiger partial charge is 0.182 e. The number of pyridine rings is 1. The number of nitrogens with zero attached hydrogens (tertiary/aromatic N) is 3. The first-order valence-electron chi connectivity index (χ1n) is 6.54. The van der Waals surface area contributed by atoms with Gasteiger partial charge in [0.05, 0.1) is 12.3 Å². The van der Waals surface area contributed by atoms with Crippen LogP contribution in [0.2, 0.25) is 0 Å². The zero-order chi connectivity index (χ0) is 14.1. The Kier molecular flexibility index (Phi) is 3.02. The number of aryl methyl sites for hydroxylation is 1. The lowest BCUT2D eigenvalue weighted by molar-refractivity contribution is 0.342. The van der Waals surface area contributed by atoms with Crippen LogP contribution in [0, 0.1) is 6.92 Å². The number of rotatable bonds is 3. The molecule has 5 nitrogen and oxygen atoms in total. The maximum Gasteiger partial charge on any atom is 0.182 e. The van der Waals surface area contributed by atoms with Gasteiger partial charge in [-0.3, -0.25) is 0 Å². The highest BCUT2D eigenvalue weighted by atomic mass is 16.5. The van der Waals surface area contributed by atoms with Crippen LogP contribution in [-0.4, -0.2) is 21.2 Å². The average molecular weight is 268 g/mol. The van der Waals surface area contributed by atoms with Crippen LogP contribution >= 0.6 is 0 Å². The van der Waals surface area contributed by atoms with E-state index < -0.39 is 0 Å². The predicted octanol–water partition coefficient (Wildman–Crippen LogP) is 2.69. The minimum atomic E-state index is 0.593. The molecule has 0 radical (unpaired) electrons. The molecule has 2 heterocycles. The topological polar surface area (TPSA) is 65.4 Å². The van der Waals surface area contributed by atoms with Gasteiger partial charge >= 0.3 is 0 Å². The molecule has 20 heavy (non-hydrogen) atoms. The fourth-order valence-corrected chi connectivity index (χ4v) is 2.13. The highest BCUT2D eigenvalue weighted by Gasteiger charge is 2.09. The number of aromatic nitrogens is 3. The summed E-state index contributed by atoms with van der Waals surface area (Å²) < 4.78 is 7.26. The number of nitrogens with two attached hydrogens (primary N) is 1. The first kappa shape index (κ1) is 12.5. The van der Waals surface area contributed by atoms with Crippen LogP contribution in [0.5, 0.6) is 5.75 Å². The van der Waals surface area contributed by atoms with Crippen LogP contribution in [0.1, 0.15) is 12.6 Å². The lowest BCUT2D eigenvalue weighted by Crippen LogP contribution is -1.97. The fraction of sp³-hybridized carbons (Fsp3) is 0.200. The molecule has 2 aromatic heterocycles. The summed E-state index contributed by atoms with van der Waals surface area (Å²) in [5.74, 6) is 1.35. The molecular weight excluding hydrogens is 252 g/mol. The summed E-state index contributed by atoms with van der Waals surface area (Å²) in [5, 5.41) is 4.51. The number of hydrogen-bond donors (Lipinski definition) is 1. The Labute approximate surface area is 117 Å². The molecule has 2 N–H and O–H groups in total. The maximum absolute atomic E-state index is 5.98. The molecule has 0 unspecified atom stereocenters. The number of fused-ring (bicyclic) bond motifs is 1. The van der Waals surface area contributed by atoms with Gasteiger partial charge in [0.2, 0.25) is 0 Å². The van der Waals surface area contributed by atoms with Crippen LogP contribution in [0.3, 0.4) is 0 Å². The van der Waals surface area contributed by atoms with Crippen molar-refractivity contribution in [2.24, 2.45) is 0 Å². The van der Waals surface area contributed by atoms with Crippen molar-refractivity contribution >= 4 is 11.3 Å². The first-order valence-corrected chi connectivity index (χ1v) is 6.54. The van der Waals surface area contributed by atoms with E-state index in [0.717, 1.165) is 16.9 Å². The SMILES string of the molecule is CCOc1ccc(-c2nc3cccc(C)n3n2)cc1N. The Hall–Kier alpha value is -2.56. The quantitative estimate of drug-likeness (QED) is 0.742. The van der Waals surface area contributed by atoms with Gasteiger partial charge in [0.25, 0.3) is 0 Å². The van der Waals surface area contributed by atoms with E-state index in [9.17, 15) is 0 Å². The molecule has 0 bridgehead atoms. The average Bonchev–Trinajstić information content (AvgIpc) is 2.87. The highest BCUT2D eigenvalue weighted by molar-refractivity contribution is 5.67. The summed E-state index contributed by atoms with van der Waals surface area (Å²) in [6.07, 6.45) is 0. The molecule has 0 aliphatic rings. The van der Waals surface area contributed by atoms with Crippen molar-refractivity contribution in [2.45, 2.75) is 13.8 Å². The molecule has 5 heteroatoms. The third-order valence-electron chi connectivity index (χ3n) is 3.12. The second-order valence-electron chi connectivity index (χ2n) is 4.56. The van der Waals surface area contributed by atoms with Gasteiger partial charge in [0.1, 0.15) is 5.75 Å². The monoisotopic (exact) mass is 268 g/mol. The molecule has 1 aromatic carbocycles. The summed E-state index contributed by atoms with van der Waals surface area (Å²) >= 11 is 0. The molecule has 0 aliphatic heterocycles. The van der Waals surface area contributed by atoms with E-state index in [1.807, 2.05) is 54.8 Å². The largest absolute Gasteiger partial charge is 0.492 e. The Balaban J connectivity index is 2.06. The van der Waals surface area contributed by atoms with E-state index in [-0.39, 0.29) is 0 Å². The van der Waals surface area contributed by atoms with Crippen LogP contribution in [-0.2, 0) is 0 Å². The van der Waals surface area contributed by atoms with Gasteiger partial charge in [-0.25, -0.2) is 9.50 Å². The Morgan fingerprint density at radius 1 is 1.25 bits per heavy atom. The summed E-state index contributed by atoms with van der Waals surface area (Å²) in [5.41, 5.74) is 9.33. The van der Waals surface area contributed by atoms with Crippen LogP contribution in [0.15, 0.2) is 36.4 Å². The number of ether oxygens (including phenoxy) is 1. The molecule has 0 saturated carbocycles. The van der Waals surface area contributed by atoms with Gasteiger partial charge in [-0.05, 0) is 44.2 Å². The van der Waals surface area contributed by atoms with E-state index in [2.05, 4.69) is 10.1 Å². The minimum Gasteiger partial charge on any atom is -0.492 e. The summed E-state index contributed by atoms with van der Waals surface area (Å²) in [7, 11) is 0. The Morgan fingerprint density at radius 2 is 2.10 bits per heavy atom. The third-order valence-corrected chi connectivity index (χ3v) is 3.12. The van der Waals surface area contributed by atoms with E-state index in [1.54, 1.807) is 0 Å². The van der Waals surface area contributed by atoms with E-state index in [1.165, 1.54) is 0 Å². The van der Waals surface area contributed by atoms with Gasteiger partial charge in [0.15, 0.2) is 11.5 Å². The Bertz CT molecular complexity index is 764. The number of benzene rings is 1. The second-order valence-corrected chi connectivity index (χ2v) is 4.56. The van der Waals surface area contributed by atoms with Crippen LogP contribution in [0.4, 0.5) is 5.69 Å². The number of hydrogen-bond acceptors (Lipinski definition) is 4. The van der Waals surface area contributed by atoms with Crippen molar-refractivity contribution in [3.63, 3.8) is 0 Å². The van der Waals surface area contributed by atoms with Gasteiger partial charge in [-0.15, -0.1) is 5.10 Å². The zero-order valence-electron chi connectivity index (χ0n) is 11.5. The summed E-state index contributed by atoms with van der Waals surface area (Å²) in [6.45, 7) is 4.52. The normalized spacial score (nSPS) is 10.9. The van der Waals surface area contributed by atoms with Crippen molar-refractivity contribution in [3.8, 4) is 17.1 Å². The van der Waals surface area contributed by atoms with E-state index in [0.29, 0.717) is 23.9 Å². The highest BCUT2D eigenvalue weighted by Crippen LogP contribution is 2.27. The molecule has 0 amide bonds. The number of anilines is 1. The Morgan fingerprint density at radius 3 is 2.80 bits per heavy atom. The second kappa shape index (κ2) is 4.85. The summed E-state index contributed by atoms with van der Waals surface area (Å²) in [4.78, 5) is 4.52. The summed E-state index contributed by atoms with van der Waals surface area (Å²) in [6, 6.07) is 11.5. The van der Waals surface area contributed by atoms with Crippen LogP contribution in [0.25, 0.3) is 17.0 Å².